The molecule has 0 heterocycles. The summed E-state index contributed by atoms with van der Waals surface area (Å²) >= 11 is 0. The average Bonchev–Trinajstić information content (AvgIpc) is 2.44. The minimum atomic E-state index is -2.61. The number of hydrogen-bond acceptors (Lipinski definition) is 6. The Morgan fingerprint density at radius 1 is 1.12 bits per heavy atom. The second kappa shape index (κ2) is 10.9. The van der Waals surface area contributed by atoms with Gasteiger partial charge in [-0.3, -0.25) is 0 Å². The van der Waals surface area contributed by atoms with E-state index in [1.54, 1.807) is 0 Å². The van der Waals surface area contributed by atoms with Gasteiger partial charge in [-0.15, -0.1) is 0 Å². The molecule has 26 heavy (non-hydrogen) atoms. The summed E-state index contributed by atoms with van der Waals surface area (Å²) in [7, 11) is -6.49. The fraction of sp³-hybridized carbons (Fsp3) is 0.812. The normalized spacial score (nSPS) is 16.9. The fourth-order valence-electron chi connectivity index (χ4n) is 2.02. The van der Waals surface area contributed by atoms with E-state index in [1.165, 1.54) is 6.92 Å². The average molecular weight is 427 g/mol. The lowest BCUT2D eigenvalue weighted by Gasteiger charge is -2.47. The largest absolute Gasteiger partial charge is 0.478 e. The summed E-state index contributed by atoms with van der Waals surface area (Å²) in [6.07, 6.45) is 1.87. The van der Waals surface area contributed by atoms with Crippen LogP contribution in [0.2, 0.25) is 39.3 Å². The van der Waals surface area contributed by atoms with E-state index in [4.69, 9.17) is 13.3 Å². The van der Waals surface area contributed by atoms with E-state index in [2.05, 4.69) is 6.58 Å². The van der Waals surface area contributed by atoms with E-state index in [-0.39, 0.29) is 0 Å². The molecule has 0 radical (unpaired) electrons. The molecule has 156 valence electrons. The molecule has 4 N–H and O–H groups in total. The molecule has 7 nitrogen and oxygen atoms in total. The molecular weight excluding hydrogens is 388 g/mol. The number of aliphatic hydroxyl groups is 3. The quantitative estimate of drug-likeness (QED) is 0.312. The van der Waals surface area contributed by atoms with Crippen molar-refractivity contribution in [3.63, 3.8) is 0 Å². The maximum Gasteiger partial charge on any atom is 0.336 e. The third-order valence-corrected chi connectivity index (χ3v) is 12.4. The first-order valence-electron chi connectivity index (χ1n) is 8.72. The zero-order valence-corrected chi connectivity index (χ0v) is 20.7. The Bertz CT molecular complexity index is 428. The van der Waals surface area contributed by atoms with Gasteiger partial charge in [0.1, 0.15) is 10.8 Å². The van der Waals surface area contributed by atoms with Crippen LogP contribution in [0.25, 0.3) is 0 Å². The molecule has 0 aromatic carbocycles. The van der Waals surface area contributed by atoms with Gasteiger partial charge in [-0.05, 0) is 52.6 Å². The van der Waals surface area contributed by atoms with Gasteiger partial charge in [0.15, 0.2) is 16.6 Å². The molecule has 0 rings (SSSR count). The highest BCUT2D eigenvalue weighted by Gasteiger charge is 2.55. The Morgan fingerprint density at radius 3 is 1.65 bits per heavy atom. The third kappa shape index (κ3) is 10.7. The molecule has 10 heteroatoms. The number of aliphatic hydroxyl groups excluding tert-OH is 1. The topological polar surface area (TPSA) is 116 Å². The van der Waals surface area contributed by atoms with Gasteiger partial charge < -0.3 is 28.7 Å². The summed E-state index contributed by atoms with van der Waals surface area (Å²) in [6.45, 7) is 18.1. The molecule has 2 atom stereocenters. The highest BCUT2D eigenvalue weighted by molar-refractivity contribution is 6.81. The predicted octanol–water partition coefficient (Wildman–Crippen LogP) is 1.98. The van der Waals surface area contributed by atoms with Crippen LogP contribution in [0, 0.1) is 0 Å². The minimum Gasteiger partial charge on any atom is -0.478 e. The predicted molar refractivity (Wildman–Crippen MR) is 111 cm³/mol. The second-order valence-electron chi connectivity index (χ2n) is 8.44. The fourth-order valence-corrected chi connectivity index (χ4v) is 10.5. The molecule has 0 saturated carbocycles. The molecule has 0 aliphatic rings. The summed E-state index contributed by atoms with van der Waals surface area (Å²) in [6, 6.07) is 0. The van der Waals surface area contributed by atoms with Gasteiger partial charge in [0.05, 0.1) is 6.61 Å². The van der Waals surface area contributed by atoms with E-state index in [0.29, 0.717) is 12.8 Å². The van der Waals surface area contributed by atoms with Crippen molar-refractivity contribution in [3.05, 3.63) is 12.7 Å². The van der Waals surface area contributed by atoms with Crippen LogP contribution in [0.15, 0.2) is 12.7 Å². The molecule has 0 saturated heterocycles. The summed E-state index contributed by atoms with van der Waals surface area (Å²) in [4.78, 5) is 9.25. The lowest BCUT2D eigenvalue weighted by Crippen LogP contribution is -2.68. The van der Waals surface area contributed by atoms with Crippen molar-refractivity contribution in [2.24, 2.45) is 0 Å². The van der Waals surface area contributed by atoms with Crippen molar-refractivity contribution in [1.82, 2.24) is 0 Å². The number of carboxylic acid groups (broad SMARTS) is 1. The Balaban J connectivity index is 0. The molecular formula is C16H38O7Si3. The van der Waals surface area contributed by atoms with E-state index in [1.807, 2.05) is 46.2 Å². The molecule has 0 aromatic rings. The Kier molecular flexibility index (Phi) is 11.6. The zero-order chi connectivity index (χ0) is 21.4. The lowest BCUT2D eigenvalue weighted by molar-refractivity contribution is -0.133. The zero-order valence-electron chi connectivity index (χ0n) is 17.5. The van der Waals surface area contributed by atoms with Gasteiger partial charge in [0.25, 0.3) is 0 Å². The van der Waals surface area contributed by atoms with Crippen LogP contribution in [-0.2, 0) is 13.0 Å². The van der Waals surface area contributed by atoms with Crippen molar-refractivity contribution >= 4 is 31.9 Å². The van der Waals surface area contributed by atoms with E-state index in [9.17, 15) is 20.1 Å². The summed E-state index contributed by atoms with van der Waals surface area (Å²) in [5.41, 5.74) is -1.63. The molecule has 0 bridgehead atoms. The molecule has 2 unspecified atom stereocenters. The first-order valence-corrected chi connectivity index (χ1v) is 17.1. The van der Waals surface area contributed by atoms with Gasteiger partial charge in [-0.1, -0.05) is 19.9 Å². The van der Waals surface area contributed by atoms with Crippen LogP contribution in [0.5, 0.6) is 0 Å². The Morgan fingerprint density at radius 2 is 1.46 bits per heavy atom. The third-order valence-electron chi connectivity index (χ3n) is 3.36. The monoisotopic (exact) mass is 426 g/mol. The van der Waals surface area contributed by atoms with Gasteiger partial charge in [-0.25, -0.2) is 4.79 Å². The Labute approximate surface area is 161 Å². The molecule has 0 aliphatic carbocycles. The maximum atomic E-state index is 11.2. The first-order chi connectivity index (χ1) is 11.5. The number of aliphatic carboxylic acids is 1. The summed E-state index contributed by atoms with van der Waals surface area (Å²) < 4.78 is 12.4. The van der Waals surface area contributed by atoms with Gasteiger partial charge in [0, 0.05) is 6.08 Å². The van der Waals surface area contributed by atoms with E-state index in [0.717, 1.165) is 6.08 Å². The van der Waals surface area contributed by atoms with Crippen molar-refractivity contribution < 1.29 is 33.5 Å². The van der Waals surface area contributed by atoms with Gasteiger partial charge >= 0.3 is 15.3 Å². The molecule has 0 aliphatic heterocycles. The van der Waals surface area contributed by atoms with Crippen molar-refractivity contribution in [3.8, 4) is 0 Å². The minimum absolute atomic E-state index is 0.354. The van der Waals surface area contributed by atoms with Gasteiger partial charge in [0.2, 0.25) is 0 Å². The van der Waals surface area contributed by atoms with Crippen LogP contribution in [-0.4, -0.2) is 69.7 Å². The van der Waals surface area contributed by atoms with Crippen LogP contribution in [0.3, 0.4) is 0 Å². The number of carbonyl (C=O) groups is 1. The Hall–Kier alpha value is -0.339. The summed E-state index contributed by atoms with van der Waals surface area (Å²) in [5.74, 6) is -0.981. The van der Waals surface area contributed by atoms with Crippen LogP contribution < -0.4 is 0 Å². The SMILES string of the molecule is C=CC(=O)O.CCCC(O)([SiH](O[Si](C)(C)C)O[Si](C)(C)C)C(C)(O)CO. The smallest absolute Gasteiger partial charge is 0.336 e. The molecule has 0 spiro atoms. The standard InChI is InChI=1S/C13H34O5Si3.C3H4O2/c1-9-10-13(16,12(2,15)11-14)19(17-20(3,4)5)18-21(6,7)8;1-2-3(4)5/h14-16,19H,9-11H2,1-8H3;2H,1H2,(H,4,5). The second-order valence-corrected chi connectivity index (χ2v) is 20.4. The molecule has 0 fully saturated rings. The van der Waals surface area contributed by atoms with E-state index < -0.39 is 49.3 Å². The number of hydrogen-bond donors (Lipinski definition) is 4. The molecule has 0 amide bonds. The highest BCUT2D eigenvalue weighted by atomic mass is 28.4. The van der Waals surface area contributed by atoms with Crippen molar-refractivity contribution in [2.75, 3.05) is 6.61 Å². The van der Waals surface area contributed by atoms with Crippen LogP contribution in [0.1, 0.15) is 26.7 Å². The lowest BCUT2D eigenvalue weighted by atomic mass is 9.95. The molecule has 0 aromatic heterocycles. The van der Waals surface area contributed by atoms with E-state index >= 15 is 0 Å². The maximum absolute atomic E-state index is 11.2. The first kappa shape index (κ1) is 27.9. The number of rotatable bonds is 10. The van der Waals surface area contributed by atoms with Crippen molar-refractivity contribution in [2.45, 2.75) is 76.8 Å². The summed E-state index contributed by atoms with van der Waals surface area (Å²) in [5, 5.41) is 37.3. The van der Waals surface area contributed by atoms with Gasteiger partial charge in [-0.2, -0.15) is 0 Å². The van der Waals surface area contributed by atoms with Crippen LogP contribution >= 0.6 is 0 Å². The van der Waals surface area contributed by atoms with Crippen LogP contribution in [0.4, 0.5) is 0 Å². The van der Waals surface area contributed by atoms with Crippen molar-refractivity contribution in [1.29, 1.82) is 0 Å². The number of carboxylic acids is 1. The highest BCUT2D eigenvalue weighted by Crippen LogP contribution is 2.33.